The second-order valence-electron chi connectivity index (χ2n) is 5.29. The Bertz CT molecular complexity index is 620. The van der Waals surface area contributed by atoms with E-state index in [0.717, 1.165) is 11.3 Å². The lowest BCUT2D eigenvalue weighted by Crippen LogP contribution is -2.34. The van der Waals surface area contributed by atoms with Crippen LogP contribution in [0, 0.1) is 6.92 Å². The Labute approximate surface area is 130 Å². The molecule has 1 aromatic heterocycles. The van der Waals surface area contributed by atoms with E-state index in [1.807, 2.05) is 38.4 Å². The van der Waals surface area contributed by atoms with E-state index in [1.165, 1.54) is 0 Å². The van der Waals surface area contributed by atoms with Crippen LogP contribution in [0.2, 0.25) is 0 Å². The average molecular weight is 303 g/mol. The smallest absolute Gasteiger partial charge is 0.273 e. The van der Waals surface area contributed by atoms with Gasteiger partial charge in [0.1, 0.15) is 11.5 Å². The summed E-state index contributed by atoms with van der Waals surface area (Å²) in [5, 5.41) is 6.60. The van der Waals surface area contributed by atoms with Crippen LogP contribution in [0.3, 0.4) is 0 Å². The lowest BCUT2D eigenvalue weighted by molar-refractivity contribution is 0.0933. The molecule has 1 heterocycles. The van der Waals surface area contributed by atoms with E-state index in [2.05, 4.69) is 15.4 Å². The Morgan fingerprint density at radius 3 is 2.55 bits per heavy atom. The van der Waals surface area contributed by atoms with Crippen molar-refractivity contribution in [2.45, 2.75) is 13.0 Å². The highest BCUT2D eigenvalue weighted by atomic mass is 16.5. The number of carbonyl (C=O) groups is 1. The number of benzene rings is 1. The SMILES string of the molecule is COc1ccc([C@@H](CNC(=O)c2cc(C)on2)N(C)C)cc1. The van der Waals surface area contributed by atoms with Gasteiger partial charge in [-0.2, -0.15) is 0 Å². The van der Waals surface area contributed by atoms with Crippen LogP contribution in [0.15, 0.2) is 34.9 Å². The second kappa shape index (κ2) is 7.09. The fraction of sp³-hybridized carbons (Fsp3) is 0.375. The van der Waals surface area contributed by atoms with Gasteiger partial charge in [-0.1, -0.05) is 17.3 Å². The fourth-order valence-corrected chi connectivity index (χ4v) is 2.18. The number of aromatic nitrogens is 1. The van der Waals surface area contributed by atoms with E-state index < -0.39 is 0 Å². The molecule has 22 heavy (non-hydrogen) atoms. The molecule has 0 spiro atoms. The molecule has 118 valence electrons. The van der Waals surface area contributed by atoms with Gasteiger partial charge in [-0.25, -0.2) is 0 Å². The topological polar surface area (TPSA) is 67.6 Å². The Hall–Kier alpha value is -2.34. The first-order chi connectivity index (χ1) is 10.5. The maximum atomic E-state index is 12.0. The second-order valence-corrected chi connectivity index (χ2v) is 5.29. The van der Waals surface area contributed by atoms with Gasteiger partial charge in [0.25, 0.3) is 5.91 Å². The zero-order chi connectivity index (χ0) is 16.1. The zero-order valence-electron chi connectivity index (χ0n) is 13.3. The summed E-state index contributed by atoms with van der Waals surface area (Å²) in [7, 11) is 5.58. The van der Waals surface area contributed by atoms with Gasteiger partial charge in [0.15, 0.2) is 5.69 Å². The van der Waals surface area contributed by atoms with Crippen LogP contribution in [-0.4, -0.2) is 43.7 Å². The monoisotopic (exact) mass is 303 g/mol. The lowest BCUT2D eigenvalue weighted by atomic mass is 10.1. The van der Waals surface area contributed by atoms with Crippen molar-refractivity contribution in [2.24, 2.45) is 0 Å². The third-order valence-corrected chi connectivity index (χ3v) is 3.44. The molecule has 0 unspecified atom stereocenters. The highest BCUT2D eigenvalue weighted by Gasteiger charge is 2.17. The van der Waals surface area contributed by atoms with Crippen molar-refractivity contribution >= 4 is 5.91 Å². The van der Waals surface area contributed by atoms with E-state index >= 15 is 0 Å². The van der Waals surface area contributed by atoms with Crippen molar-refractivity contribution in [1.29, 1.82) is 0 Å². The van der Waals surface area contributed by atoms with Gasteiger partial charge >= 0.3 is 0 Å². The summed E-state index contributed by atoms with van der Waals surface area (Å²) in [6, 6.07) is 9.49. The minimum Gasteiger partial charge on any atom is -0.497 e. The predicted octanol–water partition coefficient (Wildman–Crippen LogP) is 2.02. The third kappa shape index (κ3) is 3.85. The number of rotatable bonds is 6. The fourth-order valence-electron chi connectivity index (χ4n) is 2.18. The maximum absolute atomic E-state index is 12.0. The molecule has 6 heteroatoms. The molecule has 0 fully saturated rings. The lowest BCUT2D eigenvalue weighted by Gasteiger charge is -2.25. The normalized spacial score (nSPS) is 12.2. The molecule has 0 aliphatic carbocycles. The molecule has 0 aliphatic rings. The number of hydrogen-bond donors (Lipinski definition) is 1. The Balaban J connectivity index is 2.03. The first kappa shape index (κ1) is 16.0. The molecular weight excluding hydrogens is 282 g/mol. The zero-order valence-corrected chi connectivity index (χ0v) is 13.3. The van der Waals surface area contributed by atoms with Crippen molar-refractivity contribution in [3.8, 4) is 5.75 Å². The molecule has 0 aliphatic heterocycles. The van der Waals surface area contributed by atoms with E-state index in [9.17, 15) is 4.79 Å². The minimum atomic E-state index is -0.239. The number of carbonyl (C=O) groups excluding carboxylic acids is 1. The van der Waals surface area contributed by atoms with Crippen molar-refractivity contribution in [3.05, 3.63) is 47.3 Å². The van der Waals surface area contributed by atoms with Crippen LogP contribution in [0.1, 0.15) is 27.9 Å². The Morgan fingerprint density at radius 1 is 1.36 bits per heavy atom. The van der Waals surface area contributed by atoms with Crippen molar-refractivity contribution in [3.63, 3.8) is 0 Å². The molecule has 1 aromatic carbocycles. The molecule has 2 aromatic rings. The number of amides is 1. The molecule has 2 rings (SSSR count). The Kier molecular flexibility index (Phi) is 5.16. The molecule has 1 N–H and O–H groups in total. The molecule has 0 bridgehead atoms. The summed E-state index contributed by atoms with van der Waals surface area (Å²) >= 11 is 0. The number of ether oxygens (including phenoxy) is 1. The summed E-state index contributed by atoms with van der Waals surface area (Å²) in [6.45, 7) is 2.23. The van der Waals surface area contributed by atoms with E-state index in [0.29, 0.717) is 18.0 Å². The largest absolute Gasteiger partial charge is 0.497 e. The molecule has 0 saturated carbocycles. The summed E-state index contributed by atoms with van der Waals surface area (Å²) < 4.78 is 10.1. The van der Waals surface area contributed by atoms with Gasteiger partial charge in [0.2, 0.25) is 0 Å². The number of methoxy groups -OCH3 is 1. The van der Waals surface area contributed by atoms with Crippen LogP contribution in [0.25, 0.3) is 0 Å². The summed E-state index contributed by atoms with van der Waals surface area (Å²) in [6.07, 6.45) is 0. The maximum Gasteiger partial charge on any atom is 0.273 e. The molecule has 0 radical (unpaired) electrons. The van der Waals surface area contributed by atoms with Gasteiger partial charge in [-0.3, -0.25) is 4.79 Å². The molecule has 0 saturated heterocycles. The van der Waals surface area contributed by atoms with Gasteiger partial charge in [0.05, 0.1) is 13.2 Å². The highest BCUT2D eigenvalue weighted by Crippen LogP contribution is 2.20. The summed E-state index contributed by atoms with van der Waals surface area (Å²) in [5.74, 6) is 1.19. The van der Waals surface area contributed by atoms with E-state index in [4.69, 9.17) is 9.26 Å². The van der Waals surface area contributed by atoms with Crippen molar-refractivity contribution in [2.75, 3.05) is 27.7 Å². The van der Waals surface area contributed by atoms with E-state index in [-0.39, 0.29) is 11.9 Å². The Morgan fingerprint density at radius 2 is 2.05 bits per heavy atom. The number of nitrogens with zero attached hydrogens (tertiary/aromatic N) is 2. The molecular formula is C16H21N3O3. The summed E-state index contributed by atoms with van der Waals surface area (Å²) in [4.78, 5) is 14.1. The standard InChI is InChI=1S/C16H21N3O3/c1-11-9-14(18-22-11)16(20)17-10-15(19(2)3)12-5-7-13(21-4)8-6-12/h5-9,15H,10H2,1-4H3,(H,17,20)/t15-/m1/s1. The quantitative estimate of drug-likeness (QED) is 0.884. The highest BCUT2D eigenvalue weighted by molar-refractivity contribution is 5.92. The van der Waals surface area contributed by atoms with Crippen molar-refractivity contribution in [1.82, 2.24) is 15.4 Å². The number of aryl methyl sites for hydroxylation is 1. The molecule has 1 atom stereocenters. The van der Waals surface area contributed by atoms with Crippen LogP contribution in [0.5, 0.6) is 5.75 Å². The predicted molar refractivity (Wildman–Crippen MR) is 83.0 cm³/mol. The van der Waals surface area contributed by atoms with Gasteiger partial charge in [0, 0.05) is 12.6 Å². The van der Waals surface area contributed by atoms with Crippen LogP contribution in [-0.2, 0) is 0 Å². The minimum absolute atomic E-state index is 0.0582. The van der Waals surface area contributed by atoms with E-state index in [1.54, 1.807) is 20.1 Å². The van der Waals surface area contributed by atoms with Gasteiger partial charge in [-0.05, 0) is 38.7 Å². The number of hydrogen-bond acceptors (Lipinski definition) is 5. The molecule has 6 nitrogen and oxygen atoms in total. The van der Waals surface area contributed by atoms with Gasteiger partial charge in [-0.15, -0.1) is 0 Å². The van der Waals surface area contributed by atoms with Gasteiger partial charge < -0.3 is 19.5 Å². The summed E-state index contributed by atoms with van der Waals surface area (Å²) in [5.41, 5.74) is 1.40. The first-order valence-corrected chi connectivity index (χ1v) is 7.03. The van der Waals surface area contributed by atoms with Crippen LogP contribution < -0.4 is 10.1 Å². The van der Waals surface area contributed by atoms with Crippen LogP contribution in [0.4, 0.5) is 0 Å². The number of nitrogens with one attached hydrogen (secondary N) is 1. The van der Waals surface area contributed by atoms with Crippen molar-refractivity contribution < 1.29 is 14.1 Å². The molecule has 1 amide bonds. The van der Waals surface area contributed by atoms with Crippen LogP contribution >= 0.6 is 0 Å². The first-order valence-electron chi connectivity index (χ1n) is 7.03. The number of likely N-dealkylation sites (N-methyl/N-ethyl adjacent to an activating group) is 1. The third-order valence-electron chi connectivity index (χ3n) is 3.44. The average Bonchev–Trinajstić information content (AvgIpc) is 2.94.